The van der Waals surface area contributed by atoms with Crippen molar-refractivity contribution in [1.82, 2.24) is 9.71 Å². The molecule has 0 radical (unpaired) electrons. The number of carbonyl (C=O) groups is 1. The predicted molar refractivity (Wildman–Crippen MR) is 71.2 cm³/mol. The van der Waals surface area contributed by atoms with Crippen molar-refractivity contribution in [3.63, 3.8) is 0 Å². The number of hydrogen-bond donors (Lipinski definition) is 2. The average Bonchev–Trinajstić information content (AvgIpc) is 2.77. The lowest BCUT2D eigenvalue weighted by Gasteiger charge is -2.22. The van der Waals surface area contributed by atoms with E-state index in [0.717, 1.165) is 0 Å². The van der Waals surface area contributed by atoms with Gasteiger partial charge in [0.1, 0.15) is 0 Å². The molecule has 0 aliphatic rings. The fourth-order valence-corrected chi connectivity index (χ4v) is 2.06. The number of aromatic nitrogens is 1. The van der Waals surface area contributed by atoms with Crippen LogP contribution in [0.3, 0.4) is 0 Å². The van der Waals surface area contributed by atoms with Crippen molar-refractivity contribution in [2.24, 2.45) is 0 Å². The molecule has 0 spiro atoms. The first-order valence-corrected chi connectivity index (χ1v) is 6.99. The Morgan fingerprint density at radius 1 is 1.56 bits per heavy atom. The molecule has 0 saturated heterocycles. The summed E-state index contributed by atoms with van der Waals surface area (Å²) in [5.74, 6) is -0.433. The molecule has 102 valence electrons. The van der Waals surface area contributed by atoms with Crippen LogP contribution >= 0.6 is 0 Å². The summed E-state index contributed by atoms with van der Waals surface area (Å²) in [6, 6.07) is 2.80. The third-order valence-corrected chi connectivity index (χ3v) is 3.80. The Kier molecular flexibility index (Phi) is 5.10. The van der Waals surface area contributed by atoms with E-state index in [2.05, 4.69) is 9.71 Å². The van der Waals surface area contributed by atoms with Crippen LogP contribution in [0.4, 0.5) is 0 Å². The number of H-pyrrole nitrogens is 1. The molecule has 2 atom stereocenters. The minimum Gasteiger partial charge on any atom is -0.465 e. The number of hydrogen-bond acceptors (Lipinski definition) is 3. The van der Waals surface area contributed by atoms with Crippen molar-refractivity contribution >= 4 is 17.0 Å². The SMILES string of the molecule is CCOC(=O)C(NS(=O)C(C)(C)C)c1ccc[nH]1. The van der Waals surface area contributed by atoms with Gasteiger partial charge in [0, 0.05) is 11.9 Å². The Balaban J connectivity index is 2.86. The molecule has 0 aliphatic carbocycles. The Morgan fingerprint density at radius 3 is 2.67 bits per heavy atom. The van der Waals surface area contributed by atoms with E-state index in [1.54, 1.807) is 25.3 Å². The summed E-state index contributed by atoms with van der Waals surface area (Å²) in [5.41, 5.74) is 0.644. The molecular weight excluding hydrogens is 252 g/mol. The van der Waals surface area contributed by atoms with Crippen molar-refractivity contribution in [3.8, 4) is 0 Å². The highest BCUT2D eigenvalue weighted by atomic mass is 32.2. The molecule has 1 aromatic rings. The Bertz CT molecular complexity index is 409. The van der Waals surface area contributed by atoms with E-state index >= 15 is 0 Å². The minimum atomic E-state index is -1.35. The Hall–Kier alpha value is -1.14. The molecule has 2 N–H and O–H groups in total. The van der Waals surface area contributed by atoms with Gasteiger partial charge in [-0.25, -0.2) is 13.7 Å². The van der Waals surface area contributed by atoms with Gasteiger partial charge in [0.25, 0.3) is 0 Å². The van der Waals surface area contributed by atoms with E-state index in [4.69, 9.17) is 4.74 Å². The molecule has 5 nitrogen and oxygen atoms in total. The molecule has 0 bridgehead atoms. The lowest BCUT2D eigenvalue weighted by Crippen LogP contribution is -2.39. The molecule has 1 rings (SSSR count). The number of carbonyl (C=O) groups excluding carboxylic acids is 1. The Labute approximate surface area is 110 Å². The molecular formula is C12H20N2O3S. The van der Waals surface area contributed by atoms with Gasteiger partial charge in [-0.15, -0.1) is 0 Å². The van der Waals surface area contributed by atoms with Crippen LogP contribution in [-0.2, 0) is 20.5 Å². The van der Waals surface area contributed by atoms with Gasteiger partial charge in [-0.1, -0.05) is 0 Å². The van der Waals surface area contributed by atoms with Crippen LogP contribution in [0.2, 0.25) is 0 Å². The van der Waals surface area contributed by atoms with E-state index in [-0.39, 0.29) is 0 Å². The molecule has 0 aromatic carbocycles. The molecule has 1 aromatic heterocycles. The number of aromatic amines is 1. The second-order valence-electron chi connectivity index (χ2n) is 4.81. The quantitative estimate of drug-likeness (QED) is 0.801. The maximum Gasteiger partial charge on any atom is 0.330 e. The van der Waals surface area contributed by atoms with E-state index in [9.17, 15) is 9.00 Å². The maximum atomic E-state index is 12.1. The van der Waals surface area contributed by atoms with Gasteiger partial charge in [-0.3, -0.25) is 0 Å². The highest BCUT2D eigenvalue weighted by Gasteiger charge is 2.29. The van der Waals surface area contributed by atoms with Crippen molar-refractivity contribution in [3.05, 3.63) is 24.0 Å². The van der Waals surface area contributed by atoms with Gasteiger partial charge >= 0.3 is 5.97 Å². The summed E-state index contributed by atoms with van der Waals surface area (Å²) >= 11 is 0. The van der Waals surface area contributed by atoms with Gasteiger partial charge in [0.2, 0.25) is 0 Å². The fraction of sp³-hybridized carbons (Fsp3) is 0.583. The number of nitrogens with one attached hydrogen (secondary N) is 2. The molecule has 2 unspecified atom stereocenters. The standard InChI is InChI=1S/C12H20N2O3S/c1-5-17-11(15)10(9-7-6-8-13-9)14-18(16)12(2,3)4/h6-8,10,13-14H,5H2,1-4H3. The summed E-state index contributed by atoms with van der Waals surface area (Å²) in [6.07, 6.45) is 1.71. The van der Waals surface area contributed by atoms with Crippen LogP contribution in [0, 0.1) is 0 Å². The lowest BCUT2D eigenvalue weighted by atomic mass is 10.2. The van der Waals surface area contributed by atoms with Gasteiger partial charge in [-0.2, -0.15) is 0 Å². The largest absolute Gasteiger partial charge is 0.465 e. The Morgan fingerprint density at radius 2 is 2.22 bits per heavy atom. The van der Waals surface area contributed by atoms with E-state index in [1.807, 2.05) is 20.8 Å². The average molecular weight is 272 g/mol. The van der Waals surface area contributed by atoms with Crippen LogP contribution in [0.15, 0.2) is 18.3 Å². The zero-order chi connectivity index (χ0) is 13.8. The molecule has 18 heavy (non-hydrogen) atoms. The van der Waals surface area contributed by atoms with Gasteiger partial charge in [-0.05, 0) is 39.8 Å². The van der Waals surface area contributed by atoms with E-state index in [0.29, 0.717) is 12.3 Å². The van der Waals surface area contributed by atoms with Crippen LogP contribution in [0.1, 0.15) is 39.4 Å². The van der Waals surface area contributed by atoms with E-state index < -0.39 is 27.7 Å². The first-order valence-electron chi connectivity index (χ1n) is 5.84. The summed E-state index contributed by atoms with van der Waals surface area (Å²) in [6.45, 7) is 7.55. The number of ether oxygens (including phenoxy) is 1. The summed E-state index contributed by atoms with van der Waals surface area (Å²) in [4.78, 5) is 14.8. The van der Waals surface area contributed by atoms with Gasteiger partial charge < -0.3 is 9.72 Å². The number of esters is 1. The molecule has 1 heterocycles. The number of rotatable bonds is 5. The summed E-state index contributed by atoms with van der Waals surface area (Å²) in [7, 11) is -1.35. The third-order valence-electron chi connectivity index (χ3n) is 2.24. The molecule has 0 aliphatic heterocycles. The van der Waals surface area contributed by atoms with E-state index in [1.165, 1.54) is 0 Å². The van der Waals surface area contributed by atoms with Crippen LogP contribution in [0.25, 0.3) is 0 Å². The molecule has 0 amide bonds. The predicted octanol–water partition coefficient (Wildman–Crippen LogP) is 1.67. The second-order valence-corrected chi connectivity index (χ2v) is 6.81. The molecule has 0 fully saturated rings. The van der Waals surface area contributed by atoms with Crippen molar-refractivity contribution in [2.45, 2.75) is 38.5 Å². The topological polar surface area (TPSA) is 71.2 Å². The lowest BCUT2D eigenvalue weighted by molar-refractivity contribution is -0.145. The monoisotopic (exact) mass is 272 g/mol. The first kappa shape index (κ1) is 14.9. The smallest absolute Gasteiger partial charge is 0.330 e. The van der Waals surface area contributed by atoms with Gasteiger partial charge in [0.15, 0.2) is 6.04 Å². The fourth-order valence-electron chi connectivity index (χ4n) is 1.27. The zero-order valence-electron chi connectivity index (χ0n) is 11.1. The summed E-state index contributed by atoms with van der Waals surface area (Å²) in [5, 5.41) is 0. The van der Waals surface area contributed by atoms with Crippen molar-refractivity contribution in [2.75, 3.05) is 6.61 Å². The summed E-state index contributed by atoms with van der Waals surface area (Å²) < 4.78 is 19.4. The van der Waals surface area contributed by atoms with Crippen molar-refractivity contribution in [1.29, 1.82) is 0 Å². The van der Waals surface area contributed by atoms with Crippen molar-refractivity contribution < 1.29 is 13.7 Å². The van der Waals surface area contributed by atoms with Crippen LogP contribution in [-0.4, -0.2) is 26.5 Å². The first-order chi connectivity index (χ1) is 8.36. The van der Waals surface area contributed by atoms with Crippen LogP contribution < -0.4 is 4.72 Å². The van der Waals surface area contributed by atoms with Gasteiger partial charge in [0.05, 0.1) is 22.3 Å². The minimum absolute atomic E-state index is 0.292. The maximum absolute atomic E-state index is 12.1. The third kappa shape index (κ3) is 3.96. The molecule has 6 heteroatoms. The zero-order valence-corrected chi connectivity index (χ0v) is 12.0. The molecule has 0 saturated carbocycles. The normalized spacial score (nSPS) is 15.1. The van der Waals surface area contributed by atoms with Crippen LogP contribution in [0.5, 0.6) is 0 Å². The highest BCUT2D eigenvalue weighted by molar-refractivity contribution is 7.84. The highest BCUT2D eigenvalue weighted by Crippen LogP contribution is 2.17. The second kappa shape index (κ2) is 6.15.